The van der Waals surface area contributed by atoms with E-state index in [0.717, 1.165) is 11.3 Å². The lowest BCUT2D eigenvalue weighted by atomic mass is 10.1. The number of carbonyl (C=O) groups is 1. The van der Waals surface area contributed by atoms with Crippen molar-refractivity contribution < 1.29 is 4.79 Å². The molecule has 3 N–H and O–H groups in total. The van der Waals surface area contributed by atoms with Crippen molar-refractivity contribution in [1.29, 1.82) is 0 Å². The minimum Gasteiger partial charge on any atom is -0.382 e. The highest BCUT2D eigenvalue weighted by Crippen LogP contribution is 2.23. The third kappa shape index (κ3) is 3.44. The topological polar surface area (TPSA) is 71.2 Å². The summed E-state index contributed by atoms with van der Waals surface area (Å²) in [5.74, 6) is -0.0728. The molecule has 1 aromatic heterocycles. The van der Waals surface area contributed by atoms with Crippen molar-refractivity contribution in [2.45, 2.75) is 6.92 Å². The van der Waals surface area contributed by atoms with Crippen LogP contribution in [0.15, 0.2) is 30.5 Å². The second-order valence-corrected chi connectivity index (χ2v) is 5.35. The zero-order chi connectivity index (χ0) is 15.6. The first-order valence-electron chi connectivity index (χ1n) is 6.39. The number of aromatic nitrogens is 1. The fourth-order valence-electron chi connectivity index (χ4n) is 1.94. The Bertz CT molecular complexity index is 685. The molecule has 0 aliphatic rings. The maximum Gasteiger partial charge on any atom is 0.257 e. The summed E-state index contributed by atoms with van der Waals surface area (Å²) in [5.41, 5.74) is 8.78. The normalized spacial score (nSPS) is 10.3. The molecule has 110 valence electrons. The van der Waals surface area contributed by atoms with Crippen LogP contribution in [0.2, 0.25) is 5.02 Å². The van der Waals surface area contributed by atoms with E-state index in [4.69, 9.17) is 17.3 Å². The van der Waals surface area contributed by atoms with Crippen LogP contribution in [0.4, 0.5) is 17.2 Å². The molecule has 21 heavy (non-hydrogen) atoms. The van der Waals surface area contributed by atoms with Gasteiger partial charge in [0.2, 0.25) is 0 Å². The number of hydrogen-bond acceptors (Lipinski definition) is 4. The monoisotopic (exact) mass is 304 g/mol. The first-order chi connectivity index (χ1) is 9.88. The number of carbonyl (C=O) groups excluding carboxylic acids is 1. The molecule has 5 nitrogen and oxygen atoms in total. The summed E-state index contributed by atoms with van der Waals surface area (Å²) >= 11 is 5.87. The highest BCUT2D eigenvalue weighted by molar-refractivity contribution is 6.33. The number of hydrogen-bond donors (Lipinski definition) is 2. The van der Waals surface area contributed by atoms with E-state index in [1.165, 1.54) is 12.3 Å². The summed E-state index contributed by atoms with van der Waals surface area (Å²) in [6, 6.07) is 7.23. The van der Waals surface area contributed by atoms with Gasteiger partial charge < -0.3 is 16.0 Å². The SMILES string of the molecule is Cc1ccc(NC(=O)c2cnc(N)c(Cl)c2)cc1N(C)C. The minimum atomic E-state index is -0.280. The summed E-state index contributed by atoms with van der Waals surface area (Å²) in [4.78, 5) is 18.1. The first kappa shape index (κ1) is 15.1. The summed E-state index contributed by atoms with van der Waals surface area (Å²) in [7, 11) is 3.91. The standard InChI is InChI=1S/C15H17ClN4O/c1-9-4-5-11(7-13(9)20(2)3)19-15(21)10-6-12(16)14(17)18-8-10/h4-8H,1-3H3,(H2,17,18)(H,19,21). The Morgan fingerprint density at radius 2 is 2.05 bits per heavy atom. The molecule has 0 saturated heterocycles. The number of nitrogens with zero attached hydrogens (tertiary/aromatic N) is 2. The van der Waals surface area contributed by atoms with Gasteiger partial charge in [0.25, 0.3) is 5.91 Å². The van der Waals surface area contributed by atoms with Crippen LogP contribution >= 0.6 is 11.6 Å². The molecule has 0 spiro atoms. The molecule has 0 aliphatic heterocycles. The van der Waals surface area contributed by atoms with Gasteiger partial charge in [-0.05, 0) is 30.7 Å². The van der Waals surface area contributed by atoms with Gasteiger partial charge in [0.1, 0.15) is 5.82 Å². The smallest absolute Gasteiger partial charge is 0.257 e. The van der Waals surface area contributed by atoms with Crippen LogP contribution in [0, 0.1) is 6.92 Å². The summed E-state index contributed by atoms with van der Waals surface area (Å²) in [6.45, 7) is 2.02. The molecule has 0 saturated carbocycles. The summed E-state index contributed by atoms with van der Waals surface area (Å²) < 4.78 is 0. The highest BCUT2D eigenvalue weighted by Gasteiger charge is 2.10. The van der Waals surface area contributed by atoms with Crippen molar-refractivity contribution >= 4 is 34.7 Å². The number of halogens is 1. The van der Waals surface area contributed by atoms with Crippen LogP contribution < -0.4 is 16.0 Å². The molecule has 1 heterocycles. The number of amides is 1. The Kier molecular flexibility index (Phi) is 4.33. The zero-order valence-electron chi connectivity index (χ0n) is 12.1. The lowest BCUT2D eigenvalue weighted by molar-refractivity contribution is 0.102. The van der Waals surface area contributed by atoms with Crippen molar-refractivity contribution in [3.8, 4) is 0 Å². The Labute approximate surface area is 128 Å². The number of nitrogen functional groups attached to an aromatic ring is 1. The molecule has 1 aromatic carbocycles. The summed E-state index contributed by atoms with van der Waals surface area (Å²) in [5, 5.41) is 3.09. The lowest BCUT2D eigenvalue weighted by Crippen LogP contribution is -2.14. The molecule has 1 amide bonds. The quantitative estimate of drug-likeness (QED) is 0.914. The average molecular weight is 305 g/mol. The van der Waals surface area contributed by atoms with Crippen molar-refractivity contribution in [1.82, 2.24) is 4.98 Å². The predicted molar refractivity (Wildman–Crippen MR) is 87.1 cm³/mol. The largest absolute Gasteiger partial charge is 0.382 e. The van der Waals surface area contributed by atoms with Gasteiger partial charge in [-0.2, -0.15) is 0 Å². The molecular weight excluding hydrogens is 288 g/mol. The van der Waals surface area contributed by atoms with Crippen LogP contribution in [0.1, 0.15) is 15.9 Å². The van der Waals surface area contributed by atoms with E-state index in [-0.39, 0.29) is 16.7 Å². The molecule has 0 atom stereocenters. The van der Waals surface area contributed by atoms with Crippen LogP contribution in [0.25, 0.3) is 0 Å². The van der Waals surface area contributed by atoms with Crippen LogP contribution in [-0.4, -0.2) is 25.0 Å². The Morgan fingerprint density at radius 3 is 2.67 bits per heavy atom. The second-order valence-electron chi connectivity index (χ2n) is 4.94. The van der Waals surface area contributed by atoms with Gasteiger partial charge in [0.15, 0.2) is 0 Å². The van der Waals surface area contributed by atoms with Gasteiger partial charge in [0.05, 0.1) is 10.6 Å². The van der Waals surface area contributed by atoms with Crippen molar-refractivity contribution in [3.05, 3.63) is 46.6 Å². The van der Waals surface area contributed by atoms with E-state index >= 15 is 0 Å². The van der Waals surface area contributed by atoms with E-state index in [9.17, 15) is 4.79 Å². The third-order valence-electron chi connectivity index (χ3n) is 3.08. The number of benzene rings is 1. The molecular formula is C15H17ClN4O. The maximum atomic E-state index is 12.2. The van der Waals surface area contributed by atoms with Crippen molar-refractivity contribution in [3.63, 3.8) is 0 Å². The van der Waals surface area contributed by atoms with E-state index in [2.05, 4.69) is 10.3 Å². The van der Waals surface area contributed by atoms with E-state index in [0.29, 0.717) is 11.3 Å². The first-order valence-corrected chi connectivity index (χ1v) is 6.76. The number of nitrogens with two attached hydrogens (primary N) is 1. The predicted octanol–water partition coefficient (Wildman–Crippen LogP) is 2.94. The lowest BCUT2D eigenvalue weighted by Gasteiger charge is -2.17. The molecule has 0 unspecified atom stereocenters. The number of pyridine rings is 1. The third-order valence-corrected chi connectivity index (χ3v) is 3.38. The van der Waals surface area contributed by atoms with Gasteiger partial charge in [-0.1, -0.05) is 17.7 Å². The molecule has 0 aliphatic carbocycles. The fraction of sp³-hybridized carbons (Fsp3) is 0.200. The van der Waals surface area contributed by atoms with Gasteiger partial charge in [0, 0.05) is 31.7 Å². The van der Waals surface area contributed by atoms with Gasteiger partial charge >= 0.3 is 0 Å². The molecule has 0 bridgehead atoms. The highest BCUT2D eigenvalue weighted by atomic mass is 35.5. The second kappa shape index (κ2) is 6.01. The van der Waals surface area contributed by atoms with Crippen LogP contribution in [0.3, 0.4) is 0 Å². The van der Waals surface area contributed by atoms with Crippen LogP contribution in [0.5, 0.6) is 0 Å². The Hall–Kier alpha value is -2.27. The number of aryl methyl sites for hydroxylation is 1. The van der Waals surface area contributed by atoms with Crippen molar-refractivity contribution in [2.75, 3.05) is 30.0 Å². The molecule has 2 rings (SSSR count). The van der Waals surface area contributed by atoms with Gasteiger partial charge in [-0.15, -0.1) is 0 Å². The molecule has 2 aromatic rings. The summed E-state index contributed by atoms with van der Waals surface area (Å²) in [6.07, 6.45) is 1.40. The van der Waals surface area contributed by atoms with Crippen LogP contribution in [-0.2, 0) is 0 Å². The van der Waals surface area contributed by atoms with E-state index < -0.39 is 0 Å². The van der Waals surface area contributed by atoms with Gasteiger partial charge in [-0.3, -0.25) is 4.79 Å². The average Bonchev–Trinajstić information content (AvgIpc) is 2.43. The Balaban J connectivity index is 2.23. The maximum absolute atomic E-state index is 12.2. The van der Waals surface area contributed by atoms with E-state index in [1.54, 1.807) is 0 Å². The van der Waals surface area contributed by atoms with Crippen molar-refractivity contribution in [2.24, 2.45) is 0 Å². The number of anilines is 3. The molecule has 0 fully saturated rings. The number of rotatable bonds is 3. The zero-order valence-corrected chi connectivity index (χ0v) is 12.9. The fourth-order valence-corrected chi connectivity index (χ4v) is 2.11. The molecule has 6 heteroatoms. The van der Waals surface area contributed by atoms with Gasteiger partial charge in [-0.25, -0.2) is 4.98 Å². The van der Waals surface area contributed by atoms with E-state index in [1.807, 2.05) is 44.1 Å². The Morgan fingerprint density at radius 1 is 1.33 bits per heavy atom. The number of nitrogens with one attached hydrogen (secondary N) is 1. The molecule has 0 radical (unpaired) electrons. The minimum absolute atomic E-state index is 0.207.